The molecule has 2 aromatic rings. The Morgan fingerprint density at radius 1 is 1.12 bits per heavy atom. The number of carbonyl (C=O) groups excluding carboxylic acids is 1. The van der Waals surface area contributed by atoms with Crippen LogP contribution in [0.5, 0.6) is 0 Å². The Labute approximate surface area is 160 Å². The molecule has 0 radical (unpaired) electrons. The minimum absolute atomic E-state index is 0. The van der Waals surface area contributed by atoms with Gasteiger partial charge in [-0.25, -0.2) is 8.42 Å². The van der Waals surface area contributed by atoms with Gasteiger partial charge in [0, 0.05) is 24.2 Å². The normalized spacial score (nSPS) is 20.5. The van der Waals surface area contributed by atoms with Crippen molar-refractivity contribution in [2.45, 2.75) is 18.2 Å². The van der Waals surface area contributed by atoms with Crippen molar-refractivity contribution in [2.75, 3.05) is 19.6 Å². The molecule has 0 bridgehead atoms. The molecule has 1 fully saturated rings. The average molecular weight is 395 g/mol. The van der Waals surface area contributed by atoms with Crippen LogP contribution in [-0.4, -0.2) is 38.1 Å². The van der Waals surface area contributed by atoms with Gasteiger partial charge in [-0.3, -0.25) is 4.79 Å². The zero-order valence-electron chi connectivity index (χ0n) is 14.6. The Morgan fingerprint density at radius 2 is 1.73 bits per heavy atom. The first-order chi connectivity index (χ1) is 11.9. The number of hydrogen-bond acceptors (Lipinski definition) is 4. The number of sulfonamides is 1. The second-order valence-corrected chi connectivity index (χ2v) is 8.70. The maximum absolute atomic E-state index is 13.1. The highest BCUT2D eigenvalue weighted by atomic mass is 35.5. The second kappa shape index (κ2) is 7.88. The zero-order valence-corrected chi connectivity index (χ0v) is 16.2. The number of nitrogens with zero attached hydrogens (tertiary/aromatic N) is 1. The summed E-state index contributed by atoms with van der Waals surface area (Å²) in [6.45, 7) is 3.22. The minimum atomic E-state index is -3.75. The molecule has 0 amide bonds. The van der Waals surface area contributed by atoms with Crippen LogP contribution in [0, 0.1) is 5.41 Å². The summed E-state index contributed by atoms with van der Waals surface area (Å²) < 4.78 is 27.7. The molecule has 0 aliphatic carbocycles. The van der Waals surface area contributed by atoms with Crippen LogP contribution in [0.4, 0.5) is 0 Å². The number of carbonyl (C=O) groups is 1. The fourth-order valence-electron chi connectivity index (χ4n) is 3.11. The lowest BCUT2D eigenvalue weighted by Crippen LogP contribution is -2.35. The Morgan fingerprint density at radius 3 is 2.35 bits per heavy atom. The van der Waals surface area contributed by atoms with Crippen molar-refractivity contribution in [3.8, 4) is 0 Å². The molecule has 26 heavy (non-hydrogen) atoms. The number of nitrogens with two attached hydrogens (primary N) is 1. The zero-order chi connectivity index (χ0) is 18.1. The fourth-order valence-corrected chi connectivity index (χ4v) is 4.89. The average Bonchev–Trinajstić information content (AvgIpc) is 3.06. The van der Waals surface area contributed by atoms with Crippen molar-refractivity contribution in [3.05, 3.63) is 65.7 Å². The lowest BCUT2D eigenvalue weighted by molar-refractivity contribution is 0.103. The summed E-state index contributed by atoms with van der Waals surface area (Å²) in [4.78, 5) is 12.9. The summed E-state index contributed by atoms with van der Waals surface area (Å²) in [5, 5.41) is 0. The van der Waals surface area contributed by atoms with E-state index >= 15 is 0 Å². The second-order valence-electron chi connectivity index (χ2n) is 6.79. The molecule has 5 nitrogen and oxygen atoms in total. The van der Waals surface area contributed by atoms with Crippen LogP contribution in [0.3, 0.4) is 0 Å². The molecular weight excluding hydrogens is 372 g/mol. The summed E-state index contributed by atoms with van der Waals surface area (Å²) in [5.74, 6) is -0.291. The molecule has 1 heterocycles. The standard InChI is InChI=1S/C19H22N2O3S.ClH/c1-19(13-20)11-12-21(14-19)25(23,24)17-10-6-5-9-16(17)18(22)15-7-3-2-4-8-15;/h2-10H,11-14,20H2,1H3;1H. The molecule has 1 aliphatic rings. The van der Waals surface area contributed by atoms with E-state index in [9.17, 15) is 13.2 Å². The van der Waals surface area contributed by atoms with Gasteiger partial charge < -0.3 is 5.73 Å². The van der Waals surface area contributed by atoms with E-state index in [-0.39, 0.29) is 34.1 Å². The van der Waals surface area contributed by atoms with E-state index in [1.165, 1.54) is 10.4 Å². The van der Waals surface area contributed by atoms with Gasteiger partial charge in [0.2, 0.25) is 10.0 Å². The van der Waals surface area contributed by atoms with Gasteiger partial charge in [-0.1, -0.05) is 49.4 Å². The smallest absolute Gasteiger partial charge is 0.243 e. The predicted molar refractivity (Wildman–Crippen MR) is 104 cm³/mol. The molecule has 0 spiro atoms. The molecule has 0 aromatic heterocycles. The quantitative estimate of drug-likeness (QED) is 0.790. The van der Waals surface area contributed by atoms with Crippen LogP contribution in [0.15, 0.2) is 59.5 Å². The predicted octanol–water partition coefficient (Wildman–Crippen LogP) is 2.70. The molecule has 0 saturated carbocycles. The number of benzene rings is 2. The number of halogens is 1. The summed E-state index contributed by atoms with van der Waals surface area (Å²) in [5.41, 5.74) is 6.25. The summed E-state index contributed by atoms with van der Waals surface area (Å²) in [6.07, 6.45) is 0.720. The van der Waals surface area contributed by atoms with E-state index in [1.54, 1.807) is 42.5 Å². The van der Waals surface area contributed by atoms with Crippen LogP contribution in [0.2, 0.25) is 0 Å². The molecule has 1 aliphatic heterocycles. The summed E-state index contributed by atoms with van der Waals surface area (Å²) in [6, 6.07) is 15.1. The lowest BCUT2D eigenvalue weighted by Gasteiger charge is -2.23. The Hall–Kier alpha value is -1.73. The number of ketones is 1. The molecule has 7 heteroatoms. The van der Waals surface area contributed by atoms with E-state index in [0.29, 0.717) is 25.2 Å². The highest BCUT2D eigenvalue weighted by molar-refractivity contribution is 7.89. The van der Waals surface area contributed by atoms with Crippen molar-refractivity contribution in [1.29, 1.82) is 0 Å². The van der Waals surface area contributed by atoms with Crippen molar-refractivity contribution in [2.24, 2.45) is 11.1 Å². The topological polar surface area (TPSA) is 80.5 Å². The van der Waals surface area contributed by atoms with Gasteiger partial charge in [-0.05, 0) is 30.5 Å². The summed E-state index contributed by atoms with van der Waals surface area (Å²) >= 11 is 0. The Bertz CT molecular complexity index is 887. The largest absolute Gasteiger partial charge is 0.330 e. The first-order valence-corrected chi connectivity index (χ1v) is 9.70. The Kier molecular flexibility index (Phi) is 6.24. The third-order valence-electron chi connectivity index (χ3n) is 4.80. The monoisotopic (exact) mass is 394 g/mol. The molecule has 1 atom stereocenters. The van der Waals surface area contributed by atoms with Crippen LogP contribution in [0.25, 0.3) is 0 Å². The molecule has 2 N–H and O–H groups in total. The first-order valence-electron chi connectivity index (χ1n) is 8.26. The summed E-state index contributed by atoms with van der Waals surface area (Å²) in [7, 11) is -3.75. The van der Waals surface area contributed by atoms with E-state index < -0.39 is 10.0 Å². The van der Waals surface area contributed by atoms with Crippen molar-refractivity contribution in [1.82, 2.24) is 4.31 Å². The lowest BCUT2D eigenvalue weighted by atomic mass is 9.90. The van der Waals surface area contributed by atoms with Crippen molar-refractivity contribution >= 4 is 28.2 Å². The van der Waals surface area contributed by atoms with Crippen LogP contribution in [0.1, 0.15) is 29.3 Å². The minimum Gasteiger partial charge on any atom is -0.330 e. The third-order valence-corrected chi connectivity index (χ3v) is 6.70. The van der Waals surface area contributed by atoms with Crippen LogP contribution < -0.4 is 5.73 Å². The molecule has 1 saturated heterocycles. The van der Waals surface area contributed by atoms with E-state index in [2.05, 4.69) is 0 Å². The highest BCUT2D eigenvalue weighted by Crippen LogP contribution is 2.33. The highest BCUT2D eigenvalue weighted by Gasteiger charge is 2.40. The molecule has 2 aromatic carbocycles. The molecule has 1 unspecified atom stereocenters. The van der Waals surface area contributed by atoms with Gasteiger partial charge in [-0.2, -0.15) is 4.31 Å². The SMILES string of the molecule is CC1(CN)CCN(S(=O)(=O)c2ccccc2C(=O)c2ccccc2)C1.Cl. The van der Waals surface area contributed by atoms with Gasteiger partial charge in [0.15, 0.2) is 5.78 Å². The van der Waals surface area contributed by atoms with E-state index in [4.69, 9.17) is 5.73 Å². The van der Waals surface area contributed by atoms with Gasteiger partial charge in [0.05, 0.1) is 4.90 Å². The van der Waals surface area contributed by atoms with Gasteiger partial charge >= 0.3 is 0 Å². The van der Waals surface area contributed by atoms with E-state index in [0.717, 1.165) is 6.42 Å². The van der Waals surface area contributed by atoms with Crippen LogP contribution in [-0.2, 0) is 10.0 Å². The van der Waals surface area contributed by atoms with Gasteiger partial charge in [0.1, 0.15) is 0 Å². The molecule has 3 rings (SSSR count). The number of hydrogen-bond donors (Lipinski definition) is 1. The van der Waals surface area contributed by atoms with Gasteiger partial charge in [0.25, 0.3) is 0 Å². The van der Waals surface area contributed by atoms with E-state index in [1.807, 2.05) is 13.0 Å². The molecular formula is C19H23ClN2O3S. The maximum Gasteiger partial charge on any atom is 0.243 e. The third kappa shape index (κ3) is 3.83. The Balaban J connectivity index is 0.00000243. The van der Waals surface area contributed by atoms with Crippen LogP contribution >= 0.6 is 12.4 Å². The van der Waals surface area contributed by atoms with Crippen molar-refractivity contribution in [3.63, 3.8) is 0 Å². The number of rotatable bonds is 5. The van der Waals surface area contributed by atoms with Crippen molar-refractivity contribution < 1.29 is 13.2 Å². The van der Waals surface area contributed by atoms with Gasteiger partial charge in [-0.15, -0.1) is 12.4 Å². The maximum atomic E-state index is 13.1. The fraction of sp³-hybridized carbons (Fsp3) is 0.316. The molecule has 140 valence electrons. The first kappa shape index (κ1) is 20.6.